The first kappa shape index (κ1) is 20.7. The molecule has 0 aliphatic carbocycles. The molecule has 0 N–H and O–H groups in total. The smallest absolute Gasteiger partial charge is 0.218 e. The molecule has 3 aromatic rings. The van der Waals surface area contributed by atoms with E-state index in [2.05, 4.69) is 11.0 Å². The summed E-state index contributed by atoms with van der Waals surface area (Å²) < 4.78 is 33.7. The van der Waals surface area contributed by atoms with Crippen LogP contribution < -0.4 is 4.74 Å². The van der Waals surface area contributed by atoms with Gasteiger partial charge in [0.25, 0.3) is 0 Å². The first-order chi connectivity index (χ1) is 15.5. The van der Waals surface area contributed by atoms with Gasteiger partial charge in [-0.05, 0) is 36.8 Å². The normalized spacial score (nSPS) is 16.4. The Morgan fingerprint density at radius 3 is 2.38 bits per heavy atom. The minimum absolute atomic E-state index is 0.0258. The van der Waals surface area contributed by atoms with E-state index in [4.69, 9.17) is 9.73 Å². The Morgan fingerprint density at radius 1 is 0.875 bits per heavy atom. The third kappa shape index (κ3) is 4.13. The van der Waals surface area contributed by atoms with Crippen molar-refractivity contribution in [1.29, 1.82) is 0 Å². The topological polar surface area (TPSA) is 62.2 Å². The van der Waals surface area contributed by atoms with Crippen LogP contribution in [0.1, 0.15) is 16.7 Å². The lowest BCUT2D eigenvalue weighted by atomic mass is 10.1. The van der Waals surface area contributed by atoms with Crippen molar-refractivity contribution < 1.29 is 13.2 Å². The molecule has 0 radical (unpaired) electrons. The predicted molar refractivity (Wildman–Crippen MR) is 126 cm³/mol. The van der Waals surface area contributed by atoms with E-state index >= 15 is 0 Å². The molecule has 2 aliphatic rings. The van der Waals surface area contributed by atoms with Gasteiger partial charge < -0.3 is 9.64 Å². The molecule has 1 saturated heterocycles. The zero-order valence-electron chi connectivity index (χ0n) is 17.9. The Morgan fingerprint density at radius 2 is 1.59 bits per heavy atom. The molecule has 32 heavy (non-hydrogen) atoms. The summed E-state index contributed by atoms with van der Waals surface area (Å²) >= 11 is 0. The molecule has 0 aromatic heterocycles. The van der Waals surface area contributed by atoms with E-state index < -0.39 is 10.0 Å². The van der Waals surface area contributed by atoms with Crippen molar-refractivity contribution in [2.75, 3.05) is 26.2 Å². The second-order valence-corrected chi connectivity index (χ2v) is 10.1. The van der Waals surface area contributed by atoms with Crippen LogP contribution >= 0.6 is 0 Å². The number of aliphatic imine (C=N–C) groups is 1. The lowest BCUT2D eigenvalue weighted by molar-refractivity contribution is 0.266. The van der Waals surface area contributed by atoms with E-state index in [0.29, 0.717) is 26.2 Å². The first-order valence-corrected chi connectivity index (χ1v) is 12.3. The molecule has 5 rings (SSSR count). The van der Waals surface area contributed by atoms with Crippen LogP contribution in [-0.4, -0.2) is 49.6 Å². The molecule has 1 fully saturated rings. The van der Waals surface area contributed by atoms with E-state index in [9.17, 15) is 8.42 Å². The minimum Gasteiger partial charge on any atom is -0.454 e. The molecule has 0 spiro atoms. The Kier molecular flexibility index (Phi) is 5.45. The highest BCUT2D eigenvalue weighted by Crippen LogP contribution is 2.38. The van der Waals surface area contributed by atoms with Crippen LogP contribution in [0.5, 0.6) is 11.5 Å². The quantitative estimate of drug-likeness (QED) is 0.600. The van der Waals surface area contributed by atoms with Gasteiger partial charge in [-0.25, -0.2) is 13.4 Å². The standard InChI is InChI=1S/C25H25N3O3S/c1-19-11-12-23-21(17-19)25(26-22-9-5-6-10-24(22)31-23)27-13-15-28(16-14-27)32(29,30)18-20-7-3-2-4-8-20/h2-12,17H,13-16,18H2,1H3. The van der Waals surface area contributed by atoms with Crippen molar-refractivity contribution in [1.82, 2.24) is 9.21 Å². The summed E-state index contributed by atoms with van der Waals surface area (Å²) in [4.78, 5) is 7.11. The van der Waals surface area contributed by atoms with Gasteiger partial charge in [0.05, 0.1) is 11.3 Å². The lowest BCUT2D eigenvalue weighted by Gasteiger charge is -2.36. The average Bonchev–Trinajstić information content (AvgIpc) is 2.96. The number of hydrogen-bond acceptors (Lipinski definition) is 5. The highest BCUT2D eigenvalue weighted by molar-refractivity contribution is 7.88. The lowest BCUT2D eigenvalue weighted by Crippen LogP contribution is -2.51. The molecule has 0 bridgehead atoms. The van der Waals surface area contributed by atoms with Gasteiger partial charge in [0.1, 0.15) is 17.3 Å². The summed E-state index contributed by atoms with van der Waals surface area (Å²) in [6.45, 7) is 4.05. The molecule has 2 aliphatic heterocycles. The zero-order valence-corrected chi connectivity index (χ0v) is 18.8. The number of piperazine rings is 1. The van der Waals surface area contributed by atoms with Gasteiger partial charge in [-0.2, -0.15) is 4.31 Å². The van der Waals surface area contributed by atoms with Gasteiger partial charge in [-0.15, -0.1) is 0 Å². The van der Waals surface area contributed by atoms with Crippen LogP contribution in [0, 0.1) is 6.92 Å². The van der Waals surface area contributed by atoms with E-state index in [0.717, 1.165) is 39.7 Å². The van der Waals surface area contributed by atoms with E-state index in [1.165, 1.54) is 0 Å². The molecule has 2 heterocycles. The van der Waals surface area contributed by atoms with E-state index in [1.54, 1.807) is 4.31 Å². The minimum atomic E-state index is -3.37. The monoisotopic (exact) mass is 447 g/mol. The highest BCUT2D eigenvalue weighted by atomic mass is 32.2. The summed E-state index contributed by atoms with van der Waals surface area (Å²) in [6.07, 6.45) is 0. The molecular weight excluding hydrogens is 422 g/mol. The Hall–Kier alpha value is -3.16. The summed E-state index contributed by atoms with van der Waals surface area (Å²) in [5.41, 5.74) is 3.63. The third-order valence-electron chi connectivity index (χ3n) is 5.81. The third-order valence-corrected chi connectivity index (χ3v) is 7.66. The van der Waals surface area contributed by atoms with E-state index in [1.807, 2.05) is 73.7 Å². The summed E-state index contributed by atoms with van der Waals surface area (Å²) in [5, 5.41) is 0. The number of benzene rings is 3. The fourth-order valence-corrected chi connectivity index (χ4v) is 5.65. The number of fused-ring (bicyclic) bond motifs is 2. The number of hydrogen-bond donors (Lipinski definition) is 0. The molecule has 0 atom stereocenters. The molecule has 0 unspecified atom stereocenters. The summed E-state index contributed by atoms with van der Waals surface area (Å²) in [6, 6.07) is 23.1. The van der Waals surface area contributed by atoms with Crippen LogP contribution in [0.3, 0.4) is 0 Å². The fraction of sp³-hybridized carbons (Fsp3) is 0.240. The Balaban J connectivity index is 1.40. The second-order valence-electron chi connectivity index (χ2n) is 8.13. The van der Waals surface area contributed by atoms with Crippen molar-refractivity contribution in [3.8, 4) is 11.5 Å². The molecule has 0 saturated carbocycles. The van der Waals surface area contributed by atoms with Gasteiger partial charge in [0.15, 0.2) is 5.75 Å². The summed E-state index contributed by atoms with van der Waals surface area (Å²) in [5.74, 6) is 2.33. The van der Waals surface area contributed by atoms with E-state index in [-0.39, 0.29) is 5.75 Å². The van der Waals surface area contributed by atoms with Crippen molar-refractivity contribution in [3.63, 3.8) is 0 Å². The van der Waals surface area contributed by atoms with Gasteiger partial charge in [-0.1, -0.05) is 54.1 Å². The van der Waals surface area contributed by atoms with Gasteiger partial charge >= 0.3 is 0 Å². The fourth-order valence-electron chi connectivity index (χ4n) is 4.13. The maximum atomic E-state index is 13.0. The number of amidine groups is 1. The van der Waals surface area contributed by atoms with Crippen LogP contribution in [0.25, 0.3) is 0 Å². The molecule has 164 valence electrons. The number of ether oxygens (including phenoxy) is 1. The largest absolute Gasteiger partial charge is 0.454 e. The van der Waals surface area contributed by atoms with Crippen LogP contribution in [0.15, 0.2) is 77.8 Å². The van der Waals surface area contributed by atoms with Crippen molar-refractivity contribution >= 4 is 21.5 Å². The Bertz CT molecular complexity index is 1260. The van der Waals surface area contributed by atoms with Crippen LogP contribution in [0.4, 0.5) is 5.69 Å². The van der Waals surface area contributed by atoms with Crippen molar-refractivity contribution in [2.45, 2.75) is 12.7 Å². The molecule has 7 heteroatoms. The molecule has 3 aromatic carbocycles. The zero-order chi connectivity index (χ0) is 22.1. The average molecular weight is 448 g/mol. The molecule has 6 nitrogen and oxygen atoms in total. The number of aryl methyl sites for hydroxylation is 1. The number of rotatable bonds is 3. The first-order valence-electron chi connectivity index (χ1n) is 10.7. The van der Waals surface area contributed by atoms with Crippen molar-refractivity contribution in [2.24, 2.45) is 4.99 Å². The van der Waals surface area contributed by atoms with Crippen LogP contribution in [-0.2, 0) is 15.8 Å². The molecule has 0 amide bonds. The molecular formula is C25H25N3O3S. The highest BCUT2D eigenvalue weighted by Gasteiger charge is 2.30. The number of nitrogens with zero attached hydrogens (tertiary/aromatic N) is 3. The maximum Gasteiger partial charge on any atom is 0.218 e. The van der Waals surface area contributed by atoms with Crippen molar-refractivity contribution in [3.05, 3.63) is 89.5 Å². The predicted octanol–water partition coefficient (Wildman–Crippen LogP) is 4.33. The Labute approximate surface area is 188 Å². The van der Waals surface area contributed by atoms with Gasteiger partial charge in [0, 0.05) is 26.2 Å². The number of para-hydroxylation sites is 2. The van der Waals surface area contributed by atoms with Crippen LogP contribution in [0.2, 0.25) is 0 Å². The van der Waals surface area contributed by atoms with Gasteiger partial charge in [0.2, 0.25) is 10.0 Å². The summed E-state index contributed by atoms with van der Waals surface area (Å²) in [7, 11) is -3.37. The van der Waals surface area contributed by atoms with Gasteiger partial charge in [-0.3, -0.25) is 0 Å². The maximum absolute atomic E-state index is 13.0. The SMILES string of the molecule is Cc1ccc2c(c1)C(N1CCN(S(=O)(=O)Cc3ccccc3)CC1)=Nc1ccccc1O2. The second kappa shape index (κ2) is 8.41. The number of sulfonamides is 1.